The second-order valence-corrected chi connectivity index (χ2v) is 4.16. The van der Waals surface area contributed by atoms with E-state index < -0.39 is 0 Å². The fourth-order valence-electron chi connectivity index (χ4n) is 1.37. The Morgan fingerprint density at radius 1 is 1.40 bits per heavy atom. The van der Waals surface area contributed by atoms with Crippen molar-refractivity contribution in [2.45, 2.75) is 26.4 Å². The summed E-state index contributed by atoms with van der Waals surface area (Å²) in [4.78, 5) is 0. The lowest BCUT2D eigenvalue weighted by atomic mass is 10.2. The Hall–Kier alpha value is -0.570. The van der Waals surface area contributed by atoms with Crippen LogP contribution in [-0.4, -0.2) is 19.1 Å². The molecule has 0 saturated heterocycles. The van der Waals surface area contributed by atoms with Gasteiger partial charge in [-0.3, -0.25) is 0 Å². The Bertz CT molecular complexity index is 289. The van der Waals surface area contributed by atoms with Gasteiger partial charge in [0.25, 0.3) is 0 Å². The van der Waals surface area contributed by atoms with Crippen molar-refractivity contribution < 1.29 is 0 Å². The lowest BCUT2D eigenvalue weighted by Crippen LogP contribution is -2.35. The molecule has 0 aliphatic rings. The van der Waals surface area contributed by atoms with Crippen molar-refractivity contribution in [3.63, 3.8) is 0 Å². The number of hydrogen-bond donors (Lipinski definition) is 2. The summed E-state index contributed by atoms with van der Waals surface area (Å²) in [6.45, 7) is 7.17. The van der Waals surface area contributed by atoms with E-state index in [9.17, 15) is 0 Å². The molecule has 1 atom stereocenters. The number of hydrogen-bond acceptors (Lipinski definition) is 2. The van der Waals surface area contributed by atoms with Gasteiger partial charge < -0.3 is 10.6 Å². The molecule has 2 N–H and O–H groups in total. The third-order valence-electron chi connectivity index (χ3n) is 2.24. The van der Waals surface area contributed by atoms with Gasteiger partial charge in [-0.15, -0.1) is 0 Å². The molecule has 1 aromatic carbocycles. The van der Waals surface area contributed by atoms with Crippen molar-refractivity contribution in [3.8, 4) is 0 Å². The fraction of sp³-hybridized carbons (Fsp3) is 0.500. The Balaban J connectivity index is 2.30. The van der Waals surface area contributed by atoms with Crippen LogP contribution in [0.1, 0.15) is 19.4 Å². The first kappa shape index (κ1) is 12.5. The van der Waals surface area contributed by atoms with E-state index in [-0.39, 0.29) is 0 Å². The van der Waals surface area contributed by atoms with Crippen molar-refractivity contribution in [2.24, 2.45) is 0 Å². The molecule has 0 bridgehead atoms. The van der Waals surface area contributed by atoms with Crippen molar-refractivity contribution in [2.75, 3.05) is 13.1 Å². The molecule has 0 radical (unpaired) electrons. The van der Waals surface area contributed by atoms with E-state index >= 15 is 0 Å². The highest BCUT2D eigenvalue weighted by atomic mass is 35.5. The molecule has 1 rings (SSSR count). The summed E-state index contributed by atoms with van der Waals surface area (Å²) in [5.41, 5.74) is 1.23. The van der Waals surface area contributed by atoms with Crippen LogP contribution in [-0.2, 0) is 6.54 Å². The average Bonchev–Trinajstić information content (AvgIpc) is 2.23. The molecule has 0 spiro atoms. The molecule has 0 aromatic heterocycles. The zero-order valence-corrected chi connectivity index (χ0v) is 10.1. The zero-order valence-electron chi connectivity index (χ0n) is 9.39. The summed E-state index contributed by atoms with van der Waals surface area (Å²) in [7, 11) is 0. The van der Waals surface area contributed by atoms with Crippen LogP contribution in [0.3, 0.4) is 0 Å². The van der Waals surface area contributed by atoms with Gasteiger partial charge in [0.15, 0.2) is 0 Å². The molecule has 0 fully saturated rings. The molecule has 0 saturated carbocycles. The van der Waals surface area contributed by atoms with E-state index in [2.05, 4.69) is 30.5 Å². The third-order valence-corrected chi connectivity index (χ3v) is 2.48. The van der Waals surface area contributed by atoms with E-state index in [0.717, 1.165) is 24.7 Å². The fourth-order valence-corrected chi connectivity index (χ4v) is 1.58. The minimum Gasteiger partial charge on any atom is -0.315 e. The minimum atomic E-state index is 0.476. The van der Waals surface area contributed by atoms with Gasteiger partial charge in [-0.05, 0) is 31.2 Å². The third kappa shape index (κ3) is 5.17. The highest BCUT2D eigenvalue weighted by molar-refractivity contribution is 6.30. The number of halogens is 1. The first-order valence-electron chi connectivity index (χ1n) is 5.41. The number of benzene rings is 1. The maximum atomic E-state index is 5.90. The summed E-state index contributed by atoms with van der Waals surface area (Å²) < 4.78 is 0. The Kier molecular flexibility index (Phi) is 5.69. The van der Waals surface area contributed by atoms with Gasteiger partial charge in [-0.2, -0.15) is 0 Å². The van der Waals surface area contributed by atoms with Gasteiger partial charge in [0, 0.05) is 24.2 Å². The minimum absolute atomic E-state index is 0.476. The van der Waals surface area contributed by atoms with Gasteiger partial charge in [0.2, 0.25) is 0 Å². The maximum Gasteiger partial charge on any atom is 0.0409 e. The monoisotopic (exact) mass is 226 g/mol. The summed E-state index contributed by atoms with van der Waals surface area (Å²) in [5.74, 6) is 0. The van der Waals surface area contributed by atoms with Crippen LogP contribution in [0.15, 0.2) is 24.3 Å². The second kappa shape index (κ2) is 6.83. The number of rotatable bonds is 6. The van der Waals surface area contributed by atoms with E-state index in [1.54, 1.807) is 0 Å². The molecule has 84 valence electrons. The molecular formula is C12H19ClN2. The molecule has 3 heteroatoms. The van der Waals surface area contributed by atoms with Crippen LogP contribution in [0.2, 0.25) is 5.02 Å². The van der Waals surface area contributed by atoms with Crippen LogP contribution in [0.5, 0.6) is 0 Å². The van der Waals surface area contributed by atoms with E-state index in [0.29, 0.717) is 6.04 Å². The Labute approximate surface area is 97.0 Å². The van der Waals surface area contributed by atoms with Crippen molar-refractivity contribution in [1.82, 2.24) is 10.6 Å². The second-order valence-electron chi connectivity index (χ2n) is 3.72. The van der Waals surface area contributed by atoms with Gasteiger partial charge in [0.1, 0.15) is 0 Å². The van der Waals surface area contributed by atoms with Crippen molar-refractivity contribution >= 4 is 11.6 Å². The van der Waals surface area contributed by atoms with Crippen molar-refractivity contribution in [3.05, 3.63) is 34.9 Å². The largest absolute Gasteiger partial charge is 0.315 e. The summed E-state index contributed by atoms with van der Waals surface area (Å²) >= 11 is 5.90. The highest BCUT2D eigenvalue weighted by Gasteiger charge is 2.00. The maximum absolute atomic E-state index is 5.90. The van der Waals surface area contributed by atoms with Crippen LogP contribution in [0.25, 0.3) is 0 Å². The van der Waals surface area contributed by atoms with Crippen LogP contribution in [0.4, 0.5) is 0 Å². The topological polar surface area (TPSA) is 24.1 Å². The van der Waals surface area contributed by atoms with Gasteiger partial charge >= 0.3 is 0 Å². The highest BCUT2D eigenvalue weighted by Crippen LogP contribution is 2.10. The predicted octanol–water partition coefficient (Wildman–Crippen LogP) is 2.43. The Morgan fingerprint density at radius 3 is 2.87 bits per heavy atom. The molecule has 0 heterocycles. The lowest BCUT2D eigenvalue weighted by molar-refractivity contribution is 0.509. The normalized spacial score (nSPS) is 12.7. The Morgan fingerprint density at radius 2 is 2.20 bits per heavy atom. The molecule has 1 aromatic rings. The zero-order chi connectivity index (χ0) is 11.1. The van der Waals surface area contributed by atoms with Gasteiger partial charge in [0.05, 0.1) is 0 Å². The number of likely N-dealkylation sites (N-methyl/N-ethyl adjacent to an activating group) is 1. The van der Waals surface area contributed by atoms with Crippen LogP contribution in [0, 0.1) is 0 Å². The van der Waals surface area contributed by atoms with Crippen LogP contribution < -0.4 is 10.6 Å². The van der Waals surface area contributed by atoms with Gasteiger partial charge in [-0.1, -0.05) is 30.7 Å². The molecule has 0 aliphatic carbocycles. The quantitative estimate of drug-likeness (QED) is 0.779. The predicted molar refractivity (Wildman–Crippen MR) is 66.3 cm³/mol. The molecule has 0 aliphatic heterocycles. The first-order valence-corrected chi connectivity index (χ1v) is 5.78. The van der Waals surface area contributed by atoms with E-state index in [4.69, 9.17) is 11.6 Å². The molecule has 0 amide bonds. The van der Waals surface area contributed by atoms with E-state index in [1.807, 2.05) is 18.2 Å². The molecule has 15 heavy (non-hydrogen) atoms. The SMILES string of the molecule is CCNCC(C)NCc1cccc(Cl)c1. The average molecular weight is 227 g/mol. The molecule has 1 unspecified atom stereocenters. The first-order chi connectivity index (χ1) is 7.22. The van der Waals surface area contributed by atoms with Crippen LogP contribution >= 0.6 is 11.6 Å². The molecular weight excluding hydrogens is 208 g/mol. The smallest absolute Gasteiger partial charge is 0.0409 e. The van der Waals surface area contributed by atoms with Gasteiger partial charge in [-0.25, -0.2) is 0 Å². The summed E-state index contributed by atoms with van der Waals surface area (Å²) in [6, 6.07) is 8.43. The van der Waals surface area contributed by atoms with Crippen molar-refractivity contribution in [1.29, 1.82) is 0 Å². The lowest BCUT2D eigenvalue weighted by Gasteiger charge is -2.14. The molecule has 2 nitrogen and oxygen atoms in total. The summed E-state index contributed by atoms with van der Waals surface area (Å²) in [6.07, 6.45) is 0. The number of nitrogens with one attached hydrogen (secondary N) is 2. The van der Waals surface area contributed by atoms with E-state index in [1.165, 1.54) is 5.56 Å². The standard InChI is InChI=1S/C12H19ClN2/c1-3-14-8-10(2)15-9-11-5-4-6-12(13)7-11/h4-7,10,14-15H,3,8-9H2,1-2H3. The summed E-state index contributed by atoms with van der Waals surface area (Å²) in [5, 5.41) is 7.55.